The number of rotatable bonds is 5. The Morgan fingerprint density at radius 1 is 0.840 bits per heavy atom. The minimum absolute atomic E-state index is 0. The fraction of sp³-hybridized carbons (Fsp3) is 0.100. The predicted molar refractivity (Wildman–Crippen MR) is 86.6 cm³/mol. The summed E-state index contributed by atoms with van der Waals surface area (Å²) >= 11 is 0. The molecule has 0 radical (unpaired) electrons. The van der Waals surface area contributed by atoms with Gasteiger partial charge in [0.25, 0.3) is 0 Å². The average molecular weight is 360 g/mol. The molecule has 3 aromatic rings. The smallest absolute Gasteiger partial charge is 0.227 e. The van der Waals surface area contributed by atoms with Crippen LogP contribution in [0.25, 0.3) is 0 Å². The fourth-order valence-electron chi connectivity index (χ4n) is 2.47. The minimum Gasteiger partial charge on any atom is -1.00 e. The number of nitrogens with zero attached hydrogens (tertiary/aromatic N) is 1. The Bertz CT molecular complexity index is 851. The van der Waals surface area contributed by atoms with Crippen molar-refractivity contribution in [3.05, 3.63) is 101 Å². The van der Waals surface area contributed by atoms with Gasteiger partial charge in [-0.25, -0.2) is 8.78 Å². The molecule has 1 aromatic heterocycles. The second kappa shape index (κ2) is 8.49. The van der Waals surface area contributed by atoms with E-state index >= 15 is 0 Å². The quantitative estimate of drug-likeness (QED) is 0.486. The van der Waals surface area contributed by atoms with Crippen molar-refractivity contribution in [1.29, 1.82) is 0 Å². The Morgan fingerprint density at radius 2 is 1.48 bits per heavy atom. The molecular formula is C20H16ClF2NO. The molecule has 0 bridgehead atoms. The maximum Gasteiger partial charge on any atom is 0.227 e. The summed E-state index contributed by atoms with van der Waals surface area (Å²) in [5.41, 5.74) is 2.51. The Balaban J connectivity index is 0.00000225. The zero-order chi connectivity index (χ0) is 16.9. The number of pyridine rings is 1. The lowest BCUT2D eigenvalue weighted by Crippen LogP contribution is -3.00. The molecule has 0 saturated carbocycles. The highest BCUT2D eigenvalue weighted by atomic mass is 35.5. The number of carbonyl (C=O) groups excluding carboxylic acids is 1. The molecule has 3 rings (SSSR count). The molecule has 0 atom stereocenters. The molecule has 0 N–H and O–H groups in total. The number of halogens is 3. The van der Waals surface area contributed by atoms with Crippen LogP contribution >= 0.6 is 0 Å². The van der Waals surface area contributed by atoms with Gasteiger partial charge in [0.2, 0.25) is 12.3 Å². The first kappa shape index (κ1) is 18.7. The third-order valence-electron chi connectivity index (χ3n) is 3.78. The van der Waals surface area contributed by atoms with Crippen LogP contribution < -0.4 is 17.0 Å². The van der Waals surface area contributed by atoms with Gasteiger partial charge in [0, 0.05) is 17.7 Å². The maximum atomic E-state index is 13.2. The number of aromatic nitrogens is 1. The molecule has 0 unspecified atom stereocenters. The van der Waals surface area contributed by atoms with E-state index in [2.05, 4.69) is 12.1 Å². The van der Waals surface area contributed by atoms with Crippen LogP contribution in [0.1, 0.15) is 21.5 Å². The zero-order valence-corrected chi connectivity index (χ0v) is 14.1. The van der Waals surface area contributed by atoms with Crippen LogP contribution in [0.3, 0.4) is 0 Å². The van der Waals surface area contributed by atoms with Gasteiger partial charge in [-0.05, 0) is 35.7 Å². The summed E-state index contributed by atoms with van der Waals surface area (Å²) in [6, 6.07) is 17.2. The van der Waals surface area contributed by atoms with E-state index in [1.165, 1.54) is 11.6 Å². The van der Waals surface area contributed by atoms with Gasteiger partial charge in [-0.3, -0.25) is 4.79 Å². The van der Waals surface area contributed by atoms with Crippen LogP contribution in [-0.4, -0.2) is 5.78 Å². The van der Waals surface area contributed by atoms with Crippen molar-refractivity contribution in [2.24, 2.45) is 0 Å². The first-order chi connectivity index (χ1) is 11.6. The largest absolute Gasteiger partial charge is 1.00 e. The SMILES string of the molecule is O=C(C[n+]1ccc(Cc2ccccc2)cc1)c1ccc(F)c(F)c1.[Cl-]. The van der Waals surface area contributed by atoms with E-state index in [9.17, 15) is 13.6 Å². The van der Waals surface area contributed by atoms with Crippen molar-refractivity contribution in [3.8, 4) is 0 Å². The Hall–Kier alpha value is -2.59. The average Bonchev–Trinajstić information content (AvgIpc) is 2.60. The molecule has 2 aromatic carbocycles. The molecular weight excluding hydrogens is 344 g/mol. The molecule has 0 amide bonds. The number of Topliss-reactive ketones (excluding diaryl/α,β-unsaturated/α-hetero) is 1. The molecule has 5 heteroatoms. The van der Waals surface area contributed by atoms with Gasteiger partial charge < -0.3 is 12.4 Å². The van der Waals surface area contributed by atoms with Gasteiger partial charge in [-0.15, -0.1) is 0 Å². The molecule has 0 aliphatic rings. The van der Waals surface area contributed by atoms with Gasteiger partial charge >= 0.3 is 0 Å². The van der Waals surface area contributed by atoms with Crippen LogP contribution in [0, 0.1) is 11.6 Å². The monoisotopic (exact) mass is 359 g/mol. The van der Waals surface area contributed by atoms with Gasteiger partial charge in [-0.2, -0.15) is 4.57 Å². The van der Waals surface area contributed by atoms with E-state index in [0.29, 0.717) is 0 Å². The summed E-state index contributed by atoms with van der Waals surface area (Å²) in [4.78, 5) is 12.1. The molecule has 1 heterocycles. The minimum atomic E-state index is -1.01. The van der Waals surface area contributed by atoms with Crippen molar-refractivity contribution in [2.45, 2.75) is 13.0 Å². The standard InChI is InChI=1S/C20H16F2NO.ClH/c21-18-7-6-17(13-19(18)22)20(24)14-23-10-8-16(9-11-23)12-15-4-2-1-3-5-15;/h1-11,13H,12,14H2;1H/q+1;/p-1. The molecule has 2 nitrogen and oxygen atoms in total. The normalized spacial score (nSPS) is 10.2. The third kappa shape index (κ3) is 4.94. The molecule has 0 aliphatic heterocycles. The van der Waals surface area contributed by atoms with Crippen LogP contribution in [-0.2, 0) is 13.0 Å². The second-order valence-electron chi connectivity index (χ2n) is 5.59. The lowest BCUT2D eigenvalue weighted by molar-refractivity contribution is -0.683. The van der Waals surface area contributed by atoms with Crippen molar-refractivity contribution in [3.63, 3.8) is 0 Å². The topological polar surface area (TPSA) is 20.9 Å². The van der Waals surface area contributed by atoms with E-state index in [1.807, 2.05) is 42.7 Å². The molecule has 0 aliphatic carbocycles. The van der Waals surface area contributed by atoms with Gasteiger partial charge in [0.05, 0.1) is 0 Å². The number of hydrogen-bond donors (Lipinski definition) is 0. The molecule has 0 saturated heterocycles. The maximum absolute atomic E-state index is 13.2. The Labute approximate surface area is 151 Å². The van der Waals surface area contributed by atoms with E-state index in [-0.39, 0.29) is 30.3 Å². The fourth-order valence-corrected chi connectivity index (χ4v) is 2.47. The summed E-state index contributed by atoms with van der Waals surface area (Å²) in [6.07, 6.45) is 4.45. The van der Waals surface area contributed by atoms with Crippen LogP contribution in [0.15, 0.2) is 73.1 Å². The lowest BCUT2D eigenvalue weighted by Gasteiger charge is -2.02. The molecule has 0 fully saturated rings. The van der Waals surface area contributed by atoms with Gasteiger partial charge in [0.15, 0.2) is 24.0 Å². The predicted octanol–water partition coefficient (Wildman–Crippen LogP) is 0.730. The van der Waals surface area contributed by atoms with Crippen LogP contribution in [0.4, 0.5) is 8.78 Å². The molecule has 128 valence electrons. The number of hydrogen-bond acceptors (Lipinski definition) is 1. The van der Waals surface area contributed by atoms with Gasteiger partial charge in [0.1, 0.15) is 0 Å². The first-order valence-electron chi connectivity index (χ1n) is 7.62. The van der Waals surface area contributed by atoms with E-state index in [0.717, 1.165) is 24.1 Å². The van der Waals surface area contributed by atoms with E-state index in [1.54, 1.807) is 4.57 Å². The summed E-state index contributed by atoms with van der Waals surface area (Å²) in [7, 11) is 0. The number of benzene rings is 2. The third-order valence-corrected chi connectivity index (χ3v) is 3.78. The summed E-state index contributed by atoms with van der Waals surface area (Å²) < 4.78 is 27.8. The number of ketones is 1. The summed E-state index contributed by atoms with van der Waals surface area (Å²) in [6.45, 7) is 0.0800. The van der Waals surface area contributed by atoms with Crippen LogP contribution in [0.5, 0.6) is 0 Å². The molecule has 25 heavy (non-hydrogen) atoms. The highest BCUT2D eigenvalue weighted by Crippen LogP contribution is 2.10. The first-order valence-corrected chi connectivity index (χ1v) is 7.62. The summed E-state index contributed by atoms with van der Waals surface area (Å²) in [5, 5.41) is 0. The van der Waals surface area contributed by atoms with Crippen molar-refractivity contribution < 1.29 is 30.5 Å². The van der Waals surface area contributed by atoms with E-state index in [4.69, 9.17) is 0 Å². The van der Waals surface area contributed by atoms with Crippen LogP contribution in [0.2, 0.25) is 0 Å². The highest BCUT2D eigenvalue weighted by molar-refractivity contribution is 5.95. The zero-order valence-electron chi connectivity index (χ0n) is 13.3. The summed E-state index contributed by atoms with van der Waals surface area (Å²) in [5.74, 6) is -2.23. The van der Waals surface area contributed by atoms with Crippen molar-refractivity contribution in [2.75, 3.05) is 0 Å². The van der Waals surface area contributed by atoms with Crippen molar-refractivity contribution >= 4 is 5.78 Å². The Kier molecular flexibility index (Phi) is 6.37. The Morgan fingerprint density at radius 3 is 2.12 bits per heavy atom. The number of carbonyl (C=O) groups is 1. The molecule has 0 spiro atoms. The van der Waals surface area contributed by atoms with E-state index < -0.39 is 11.6 Å². The highest BCUT2D eigenvalue weighted by Gasteiger charge is 2.14. The van der Waals surface area contributed by atoms with Gasteiger partial charge in [-0.1, -0.05) is 30.3 Å². The lowest BCUT2D eigenvalue weighted by atomic mass is 10.1. The van der Waals surface area contributed by atoms with Crippen molar-refractivity contribution in [1.82, 2.24) is 0 Å². The second-order valence-corrected chi connectivity index (χ2v) is 5.59.